The maximum Gasteiger partial charge on any atom is 0.410 e. The highest BCUT2D eigenvalue weighted by molar-refractivity contribution is 5.83. The molecule has 3 heterocycles. The van der Waals surface area contributed by atoms with Crippen molar-refractivity contribution in [3.8, 4) is 11.4 Å². The highest BCUT2D eigenvalue weighted by Gasteiger charge is 2.42. The molecule has 1 saturated heterocycles. The Kier molecular flexibility index (Phi) is 9.41. The lowest BCUT2D eigenvalue weighted by Crippen LogP contribution is -2.54. The number of carbonyl (C=O) groups excluding carboxylic acids is 3. The van der Waals surface area contributed by atoms with E-state index in [-0.39, 0.29) is 31.1 Å². The van der Waals surface area contributed by atoms with Crippen LogP contribution >= 0.6 is 0 Å². The zero-order valence-electron chi connectivity index (χ0n) is 23.7. The molecule has 2 atom stereocenters. The lowest BCUT2D eigenvalue weighted by atomic mass is 10.1. The Labute approximate surface area is 234 Å². The average Bonchev–Trinajstić information content (AvgIpc) is 3.68. The summed E-state index contributed by atoms with van der Waals surface area (Å²) in [7, 11) is 0. The van der Waals surface area contributed by atoms with Crippen LogP contribution in [0.25, 0.3) is 11.4 Å². The van der Waals surface area contributed by atoms with E-state index in [2.05, 4.69) is 10.3 Å². The molecule has 0 unspecified atom stereocenters. The topological polar surface area (TPSA) is 139 Å². The molecule has 12 heteroatoms. The molecule has 3 amide bonds. The largest absolute Gasteiger partial charge is 0.444 e. The van der Waals surface area contributed by atoms with Crippen LogP contribution in [0.2, 0.25) is 0 Å². The molecule has 4 rings (SSSR count). The molecule has 1 saturated carbocycles. The second-order valence-corrected chi connectivity index (χ2v) is 11.2. The first kappa shape index (κ1) is 29.5. The molecule has 40 heavy (non-hydrogen) atoms. The Bertz CT molecular complexity index is 1180. The second kappa shape index (κ2) is 12.8. The number of aromatic nitrogens is 3. The molecule has 0 bridgehead atoms. The number of morpholine rings is 1. The fourth-order valence-corrected chi connectivity index (χ4v) is 4.68. The van der Waals surface area contributed by atoms with Gasteiger partial charge in [-0.15, -0.1) is 0 Å². The second-order valence-electron chi connectivity index (χ2n) is 11.2. The molecule has 1 aliphatic heterocycles. The molecule has 2 aliphatic rings. The number of aliphatic hydroxyl groups is 1. The first-order valence-electron chi connectivity index (χ1n) is 13.9. The van der Waals surface area contributed by atoms with Crippen molar-refractivity contribution in [2.45, 2.75) is 77.3 Å². The Morgan fingerprint density at radius 1 is 1.27 bits per heavy atom. The Morgan fingerprint density at radius 3 is 2.70 bits per heavy atom. The van der Waals surface area contributed by atoms with Crippen molar-refractivity contribution in [2.75, 3.05) is 32.8 Å². The predicted octanol–water partition coefficient (Wildman–Crippen LogP) is 2.13. The number of hydrogen-bond donors (Lipinski definition) is 2. The van der Waals surface area contributed by atoms with Gasteiger partial charge in [-0.3, -0.25) is 19.3 Å². The van der Waals surface area contributed by atoms with Gasteiger partial charge in [0, 0.05) is 31.9 Å². The van der Waals surface area contributed by atoms with Gasteiger partial charge in [-0.1, -0.05) is 6.07 Å². The Hall–Kier alpha value is -3.51. The van der Waals surface area contributed by atoms with E-state index in [1.165, 1.54) is 4.90 Å². The van der Waals surface area contributed by atoms with E-state index < -0.39 is 30.3 Å². The smallest absolute Gasteiger partial charge is 0.410 e. The summed E-state index contributed by atoms with van der Waals surface area (Å²) in [6.07, 6.45) is 2.88. The van der Waals surface area contributed by atoms with Crippen LogP contribution in [0.15, 0.2) is 30.5 Å². The number of pyridine rings is 1. The summed E-state index contributed by atoms with van der Waals surface area (Å²) in [5.74, 6) is -0.586. The number of carbonyl (C=O) groups is 3. The van der Waals surface area contributed by atoms with Crippen LogP contribution < -0.4 is 5.32 Å². The van der Waals surface area contributed by atoms with Crippen molar-refractivity contribution in [2.24, 2.45) is 0 Å². The third kappa shape index (κ3) is 7.57. The van der Waals surface area contributed by atoms with Gasteiger partial charge >= 0.3 is 6.09 Å². The Morgan fingerprint density at radius 2 is 2.05 bits per heavy atom. The quantitative estimate of drug-likeness (QED) is 0.425. The van der Waals surface area contributed by atoms with Crippen LogP contribution in [-0.2, 0) is 25.6 Å². The van der Waals surface area contributed by atoms with Crippen molar-refractivity contribution in [1.82, 2.24) is 29.9 Å². The van der Waals surface area contributed by atoms with E-state index >= 15 is 0 Å². The summed E-state index contributed by atoms with van der Waals surface area (Å²) < 4.78 is 13.2. The lowest BCUT2D eigenvalue weighted by Gasteiger charge is -2.37. The van der Waals surface area contributed by atoms with Gasteiger partial charge in [-0.05, 0) is 65.2 Å². The van der Waals surface area contributed by atoms with E-state index in [9.17, 15) is 14.4 Å². The van der Waals surface area contributed by atoms with Gasteiger partial charge in [-0.2, -0.15) is 5.10 Å². The number of amides is 3. The minimum Gasteiger partial charge on any atom is -0.444 e. The number of rotatable bonds is 10. The molecule has 0 radical (unpaired) electrons. The fourth-order valence-electron chi connectivity index (χ4n) is 4.68. The summed E-state index contributed by atoms with van der Waals surface area (Å²) in [4.78, 5) is 45.8. The molecule has 0 aromatic carbocycles. The number of aliphatic hydroxyl groups excluding tert-OH is 1. The van der Waals surface area contributed by atoms with Gasteiger partial charge in [0.2, 0.25) is 5.91 Å². The monoisotopic (exact) mass is 556 g/mol. The van der Waals surface area contributed by atoms with Crippen LogP contribution in [0.3, 0.4) is 0 Å². The first-order chi connectivity index (χ1) is 19.1. The number of ether oxygens (including phenoxy) is 2. The minimum absolute atomic E-state index is 0.0835. The highest BCUT2D eigenvalue weighted by Crippen LogP contribution is 2.36. The van der Waals surface area contributed by atoms with Crippen LogP contribution in [0, 0.1) is 0 Å². The number of hydrogen-bond acceptors (Lipinski definition) is 8. The van der Waals surface area contributed by atoms with Crippen molar-refractivity contribution < 1.29 is 29.0 Å². The third-order valence-electron chi connectivity index (χ3n) is 6.77. The molecule has 218 valence electrons. The van der Waals surface area contributed by atoms with E-state index in [1.807, 2.05) is 61.5 Å². The van der Waals surface area contributed by atoms with Crippen LogP contribution in [0.5, 0.6) is 0 Å². The molecular formula is C28H40N6O6. The zero-order chi connectivity index (χ0) is 28.9. The summed E-state index contributed by atoms with van der Waals surface area (Å²) in [6.45, 7) is 8.52. The van der Waals surface area contributed by atoms with E-state index in [0.717, 1.165) is 29.9 Å². The third-order valence-corrected chi connectivity index (χ3v) is 6.77. The van der Waals surface area contributed by atoms with Gasteiger partial charge in [0.25, 0.3) is 5.91 Å². The van der Waals surface area contributed by atoms with Crippen molar-refractivity contribution in [3.05, 3.63) is 36.2 Å². The van der Waals surface area contributed by atoms with Crippen molar-refractivity contribution in [3.63, 3.8) is 0 Å². The maximum absolute atomic E-state index is 13.8. The van der Waals surface area contributed by atoms with Gasteiger partial charge in [0.15, 0.2) is 6.10 Å². The number of aryl methyl sites for hydroxylation is 1. The van der Waals surface area contributed by atoms with Gasteiger partial charge < -0.3 is 29.7 Å². The summed E-state index contributed by atoms with van der Waals surface area (Å²) >= 11 is 0. The van der Waals surface area contributed by atoms with Crippen LogP contribution in [-0.4, -0.2) is 98.2 Å². The Balaban J connectivity index is 1.52. The summed E-state index contributed by atoms with van der Waals surface area (Å²) in [5, 5.41) is 16.5. The van der Waals surface area contributed by atoms with Crippen LogP contribution in [0.1, 0.15) is 58.7 Å². The molecule has 12 nitrogen and oxygen atoms in total. The molecule has 0 spiro atoms. The molecule has 2 aromatic rings. The van der Waals surface area contributed by atoms with Crippen molar-refractivity contribution in [1.29, 1.82) is 0 Å². The lowest BCUT2D eigenvalue weighted by molar-refractivity contribution is -0.152. The van der Waals surface area contributed by atoms with E-state index in [0.29, 0.717) is 26.1 Å². The number of nitrogens with zero attached hydrogens (tertiary/aromatic N) is 5. The predicted molar refractivity (Wildman–Crippen MR) is 146 cm³/mol. The maximum atomic E-state index is 13.8. The molecule has 2 fully saturated rings. The zero-order valence-corrected chi connectivity index (χ0v) is 23.7. The fraction of sp³-hybridized carbons (Fsp3) is 0.607. The highest BCUT2D eigenvalue weighted by atomic mass is 16.6. The summed E-state index contributed by atoms with van der Waals surface area (Å²) in [5.41, 5.74) is 1.66. The molecule has 2 aromatic heterocycles. The van der Waals surface area contributed by atoms with Gasteiger partial charge in [0.1, 0.15) is 12.2 Å². The molecule has 1 aliphatic carbocycles. The van der Waals surface area contributed by atoms with Gasteiger partial charge in [0.05, 0.1) is 36.3 Å². The molecular weight excluding hydrogens is 516 g/mol. The van der Waals surface area contributed by atoms with Gasteiger partial charge in [-0.25, -0.2) is 4.79 Å². The standard InChI is InChI=1S/C28H40N6O6/c1-19(22-16-23(21-8-5-6-11-29-21)33(31-22)13-7-12-30-25(36)18-35)34(20-9-10-20)26(37)24-17-32(14-15-39-24)27(38)40-28(2,3)4/h5-6,8,11,16,19-20,24,35H,7,9-10,12-15,17-18H2,1-4H3,(H,30,36)/t19-,24-/m1/s1. The van der Waals surface area contributed by atoms with E-state index in [1.54, 1.807) is 6.20 Å². The normalized spacial score (nSPS) is 18.2. The summed E-state index contributed by atoms with van der Waals surface area (Å²) in [6, 6.07) is 7.35. The van der Waals surface area contributed by atoms with E-state index in [4.69, 9.17) is 19.7 Å². The minimum atomic E-state index is -0.781. The van der Waals surface area contributed by atoms with Crippen molar-refractivity contribution >= 4 is 17.9 Å². The average molecular weight is 557 g/mol. The van der Waals surface area contributed by atoms with Crippen LogP contribution in [0.4, 0.5) is 4.79 Å². The number of nitrogens with one attached hydrogen (secondary N) is 1. The SMILES string of the molecule is C[C@H](c1cc(-c2ccccn2)n(CCCNC(=O)CO)n1)N(C(=O)[C@H]1CN(C(=O)OC(C)(C)C)CCO1)C1CC1. The molecule has 2 N–H and O–H groups in total. The first-order valence-corrected chi connectivity index (χ1v) is 13.9.